The number of nitrogens with zero attached hydrogens (tertiary/aromatic N) is 1. The van der Waals surface area contributed by atoms with Gasteiger partial charge in [0.2, 0.25) is 0 Å². The Morgan fingerprint density at radius 1 is 1.45 bits per heavy atom. The number of likely N-dealkylation sites (tertiary alicyclic amines) is 1. The van der Waals surface area contributed by atoms with Crippen molar-refractivity contribution in [1.29, 1.82) is 0 Å². The van der Waals surface area contributed by atoms with Crippen molar-refractivity contribution < 1.29 is 19.1 Å². The Morgan fingerprint density at radius 3 is 2.82 bits per heavy atom. The molecular formula is C15H14BrClFNO3. The monoisotopic (exact) mass is 389 g/mol. The number of amides is 1. The number of fused-ring (bicyclic) bond motifs is 1. The van der Waals surface area contributed by atoms with Gasteiger partial charge in [-0.05, 0) is 46.8 Å². The largest absolute Gasteiger partial charge is 0.481 e. The molecule has 2 atom stereocenters. The van der Waals surface area contributed by atoms with Crippen LogP contribution in [0.1, 0.15) is 29.6 Å². The number of benzene rings is 1. The molecule has 1 aromatic rings. The molecule has 1 N–H and O–H groups in total. The van der Waals surface area contributed by atoms with Gasteiger partial charge in [-0.1, -0.05) is 18.0 Å². The Labute approximate surface area is 140 Å². The van der Waals surface area contributed by atoms with Gasteiger partial charge in [-0.15, -0.1) is 0 Å². The van der Waals surface area contributed by atoms with Gasteiger partial charge in [-0.3, -0.25) is 9.59 Å². The molecule has 7 heteroatoms. The molecule has 2 aliphatic rings. The van der Waals surface area contributed by atoms with Gasteiger partial charge in [-0.2, -0.15) is 0 Å². The number of carboxylic acid groups (broad SMARTS) is 1. The lowest BCUT2D eigenvalue weighted by molar-refractivity contribution is -0.149. The summed E-state index contributed by atoms with van der Waals surface area (Å²) in [7, 11) is 0. The molecule has 0 spiro atoms. The molecule has 1 aliphatic heterocycles. The highest BCUT2D eigenvalue weighted by molar-refractivity contribution is 9.10. The van der Waals surface area contributed by atoms with E-state index < -0.39 is 23.1 Å². The van der Waals surface area contributed by atoms with Crippen LogP contribution in [0.4, 0.5) is 4.39 Å². The average molecular weight is 391 g/mol. The third-order valence-corrected chi connectivity index (χ3v) is 5.60. The highest BCUT2D eigenvalue weighted by atomic mass is 79.9. The average Bonchev–Trinajstić information content (AvgIpc) is 2.99. The minimum atomic E-state index is -0.873. The maximum atomic E-state index is 14.2. The first-order chi connectivity index (χ1) is 10.3. The number of hydrogen-bond acceptors (Lipinski definition) is 2. The van der Waals surface area contributed by atoms with Gasteiger partial charge in [0.15, 0.2) is 0 Å². The maximum absolute atomic E-state index is 14.2. The van der Waals surface area contributed by atoms with Crippen LogP contribution in [-0.4, -0.2) is 35.0 Å². The predicted octanol–water partition coefficient (Wildman–Crippen LogP) is 3.57. The smallest absolute Gasteiger partial charge is 0.311 e. The third kappa shape index (κ3) is 2.33. The summed E-state index contributed by atoms with van der Waals surface area (Å²) in [4.78, 5) is 25.7. The van der Waals surface area contributed by atoms with Crippen LogP contribution in [-0.2, 0) is 4.79 Å². The zero-order chi connectivity index (χ0) is 16.1. The van der Waals surface area contributed by atoms with E-state index in [0.29, 0.717) is 13.0 Å². The lowest BCUT2D eigenvalue weighted by Gasteiger charge is -2.23. The normalized spacial score (nSPS) is 27.0. The van der Waals surface area contributed by atoms with Gasteiger partial charge in [0.25, 0.3) is 5.91 Å². The van der Waals surface area contributed by atoms with E-state index in [9.17, 15) is 19.1 Å². The Hall–Kier alpha value is -1.14. The van der Waals surface area contributed by atoms with Crippen LogP contribution in [0.2, 0.25) is 5.02 Å². The van der Waals surface area contributed by atoms with Gasteiger partial charge < -0.3 is 10.0 Å². The number of carboxylic acids is 1. The van der Waals surface area contributed by atoms with Crippen molar-refractivity contribution in [2.75, 3.05) is 13.1 Å². The Bertz CT molecular complexity index is 668. The summed E-state index contributed by atoms with van der Waals surface area (Å²) in [6.07, 6.45) is 2.21. The fraction of sp³-hybridized carbons (Fsp3) is 0.467. The molecule has 3 rings (SSSR count). The van der Waals surface area contributed by atoms with Crippen molar-refractivity contribution in [3.8, 4) is 0 Å². The summed E-state index contributed by atoms with van der Waals surface area (Å²) in [6, 6.07) is 2.66. The van der Waals surface area contributed by atoms with E-state index in [1.807, 2.05) is 0 Å². The predicted molar refractivity (Wildman–Crippen MR) is 82.4 cm³/mol. The van der Waals surface area contributed by atoms with Gasteiger partial charge in [0.1, 0.15) is 5.82 Å². The van der Waals surface area contributed by atoms with Gasteiger partial charge in [0, 0.05) is 18.1 Å². The summed E-state index contributed by atoms with van der Waals surface area (Å²) in [5, 5.41) is 9.80. The first-order valence-electron chi connectivity index (χ1n) is 7.02. The third-order valence-electron chi connectivity index (χ3n) is 4.81. The standard InChI is InChI=1S/C15H14BrClFNO3/c16-11-5-9(17)4-10(12(11)18)13(20)19-6-8-2-1-3-15(8,7-19)14(21)22/h4-5,8H,1-3,6-7H2,(H,21,22)/t8-,15+/m0/s1. The summed E-state index contributed by atoms with van der Waals surface area (Å²) in [5.41, 5.74) is -0.998. The number of aliphatic carboxylic acids is 1. The topological polar surface area (TPSA) is 57.6 Å². The Balaban J connectivity index is 1.91. The highest BCUT2D eigenvalue weighted by Crippen LogP contribution is 2.49. The fourth-order valence-corrected chi connectivity index (χ4v) is 4.49. The van der Waals surface area contributed by atoms with Crippen LogP contribution < -0.4 is 0 Å². The van der Waals surface area contributed by atoms with E-state index in [1.54, 1.807) is 0 Å². The molecule has 1 aromatic carbocycles. The van der Waals surface area contributed by atoms with Crippen molar-refractivity contribution in [2.45, 2.75) is 19.3 Å². The molecule has 1 saturated carbocycles. The van der Waals surface area contributed by atoms with Crippen LogP contribution in [0, 0.1) is 17.2 Å². The van der Waals surface area contributed by atoms with E-state index in [1.165, 1.54) is 17.0 Å². The molecule has 118 valence electrons. The molecule has 0 unspecified atom stereocenters. The molecular weight excluding hydrogens is 377 g/mol. The molecule has 0 aromatic heterocycles. The number of carbonyl (C=O) groups is 2. The van der Waals surface area contributed by atoms with E-state index in [2.05, 4.69) is 15.9 Å². The summed E-state index contributed by atoms with van der Waals surface area (Å²) >= 11 is 8.92. The lowest BCUT2D eigenvalue weighted by atomic mass is 9.81. The van der Waals surface area contributed by atoms with Crippen LogP contribution >= 0.6 is 27.5 Å². The van der Waals surface area contributed by atoms with Crippen molar-refractivity contribution in [3.63, 3.8) is 0 Å². The molecule has 22 heavy (non-hydrogen) atoms. The fourth-order valence-electron chi connectivity index (χ4n) is 3.68. The number of rotatable bonds is 2. The molecule has 1 heterocycles. The van der Waals surface area contributed by atoms with Crippen molar-refractivity contribution in [2.24, 2.45) is 11.3 Å². The maximum Gasteiger partial charge on any atom is 0.311 e. The SMILES string of the molecule is O=C(c1cc(Cl)cc(Br)c1F)N1C[C@@H]2CCC[C@@]2(C(=O)O)C1. The quantitative estimate of drug-likeness (QED) is 0.786. The van der Waals surface area contributed by atoms with E-state index >= 15 is 0 Å². The van der Waals surface area contributed by atoms with Crippen LogP contribution in [0.15, 0.2) is 16.6 Å². The number of halogens is 3. The second-order valence-corrected chi connectivity index (χ2v) is 7.28. The van der Waals surface area contributed by atoms with E-state index in [0.717, 1.165) is 12.8 Å². The van der Waals surface area contributed by atoms with Crippen LogP contribution in [0.3, 0.4) is 0 Å². The Kier molecular flexibility index (Phi) is 3.93. The second kappa shape index (κ2) is 5.49. The van der Waals surface area contributed by atoms with E-state index in [4.69, 9.17) is 11.6 Å². The van der Waals surface area contributed by atoms with Gasteiger partial charge in [0.05, 0.1) is 15.5 Å². The number of hydrogen-bond donors (Lipinski definition) is 1. The molecule has 0 radical (unpaired) electrons. The first-order valence-corrected chi connectivity index (χ1v) is 8.19. The minimum absolute atomic E-state index is 0.0559. The van der Waals surface area contributed by atoms with Crippen LogP contribution in [0.5, 0.6) is 0 Å². The minimum Gasteiger partial charge on any atom is -0.481 e. The number of carbonyl (C=O) groups excluding carboxylic acids is 1. The zero-order valence-electron chi connectivity index (χ0n) is 11.6. The highest BCUT2D eigenvalue weighted by Gasteiger charge is 2.56. The van der Waals surface area contributed by atoms with Gasteiger partial charge in [-0.25, -0.2) is 4.39 Å². The lowest BCUT2D eigenvalue weighted by Crippen LogP contribution is -2.37. The molecule has 0 bridgehead atoms. The summed E-state index contributed by atoms with van der Waals surface area (Å²) in [6.45, 7) is 0.490. The summed E-state index contributed by atoms with van der Waals surface area (Å²) in [5.74, 6) is -2.09. The second-order valence-electron chi connectivity index (χ2n) is 5.99. The molecule has 1 amide bonds. The van der Waals surface area contributed by atoms with Crippen molar-refractivity contribution in [3.05, 3.63) is 33.0 Å². The first kappa shape index (κ1) is 15.7. The zero-order valence-corrected chi connectivity index (χ0v) is 14.0. The van der Waals surface area contributed by atoms with Crippen molar-refractivity contribution in [1.82, 2.24) is 4.90 Å². The van der Waals surface area contributed by atoms with E-state index in [-0.39, 0.29) is 27.5 Å². The van der Waals surface area contributed by atoms with Crippen molar-refractivity contribution >= 4 is 39.4 Å². The molecule has 4 nitrogen and oxygen atoms in total. The molecule has 1 aliphatic carbocycles. The molecule has 2 fully saturated rings. The molecule has 1 saturated heterocycles. The van der Waals surface area contributed by atoms with Crippen LogP contribution in [0.25, 0.3) is 0 Å². The summed E-state index contributed by atoms with van der Waals surface area (Å²) < 4.78 is 14.3. The Morgan fingerprint density at radius 2 is 2.18 bits per heavy atom. The van der Waals surface area contributed by atoms with Gasteiger partial charge >= 0.3 is 5.97 Å².